The molecule has 3 N–H and O–H groups in total. The van der Waals surface area contributed by atoms with Gasteiger partial charge in [-0.05, 0) is 19.1 Å². The van der Waals surface area contributed by atoms with Crippen molar-refractivity contribution in [2.45, 2.75) is 13.0 Å². The highest BCUT2D eigenvalue weighted by Crippen LogP contribution is 2.32. The number of carbonyl (C=O) groups is 1. The fraction of sp³-hybridized carbons (Fsp3) is 0.462. The molecule has 0 aliphatic carbocycles. The second-order valence-electron chi connectivity index (χ2n) is 4.82. The molecule has 1 fully saturated rings. The Morgan fingerprint density at radius 2 is 2.15 bits per heavy atom. The summed E-state index contributed by atoms with van der Waals surface area (Å²) in [5, 5.41) is 3.39. The minimum Gasteiger partial charge on any atom is -0.399 e. The number of halogens is 2. The van der Waals surface area contributed by atoms with Crippen molar-refractivity contribution in [1.29, 1.82) is 0 Å². The molecule has 0 spiro atoms. The summed E-state index contributed by atoms with van der Waals surface area (Å²) in [5.41, 5.74) is 6.48. The molecule has 0 bridgehead atoms. The number of amides is 1. The predicted molar refractivity (Wildman–Crippen MR) is 81.4 cm³/mol. The number of ether oxygens (including phenoxy) is 1. The van der Waals surface area contributed by atoms with Crippen LogP contribution in [-0.2, 0) is 9.53 Å². The van der Waals surface area contributed by atoms with Crippen LogP contribution < -0.4 is 11.1 Å². The highest BCUT2D eigenvalue weighted by molar-refractivity contribution is 6.40. The van der Waals surface area contributed by atoms with Crippen LogP contribution in [0.25, 0.3) is 0 Å². The molecule has 1 amide bonds. The molecule has 1 aromatic carbocycles. The van der Waals surface area contributed by atoms with E-state index in [1.807, 2.05) is 11.8 Å². The van der Waals surface area contributed by atoms with E-state index in [0.717, 1.165) is 13.1 Å². The summed E-state index contributed by atoms with van der Waals surface area (Å²) in [4.78, 5) is 14.1. The number of anilines is 2. The fourth-order valence-corrected chi connectivity index (χ4v) is 2.73. The Morgan fingerprint density at radius 3 is 2.75 bits per heavy atom. The van der Waals surface area contributed by atoms with Crippen LogP contribution in [-0.4, -0.2) is 43.2 Å². The molecule has 110 valence electrons. The third kappa shape index (κ3) is 3.99. The van der Waals surface area contributed by atoms with Crippen molar-refractivity contribution in [3.05, 3.63) is 22.2 Å². The van der Waals surface area contributed by atoms with Gasteiger partial charge < -0.3 is 15.8 Å². The molecule has 1 unspecified atom stereocenters. The molecule has 1 heterocycles. The van der Waals surface area contributed by atoms with Crippen LogP contribution in [0.1, 0.15) is 6.92 Å². The number of nitrogens with zero attached hydrogens (tertiary/aromatic N) is 1. The molecule has 1 aliphatic heterocycles. The highest BCUT2D eigenvalue weighted by Gasteiger charge is 2.20. The van der Waals surface area contributed by atoms with Gasteiger partial charge in [0.1, 0.15) is 0 Å². The van der Waals surface area contributed by atoms with Crippen LogP contribution in [0.2, 0.25) is 10.0 Å². The molecule has 0 aromatic heterocycles. The van der Waals surface area contributed by atoms with E-state index in [-0.39, 0.29) is 18.6 Å². The lowest BCUT2D eigenvalue weighted by molar-refractivity contribution is -0.119. The molecule has 0 saturated carbocycles. The zero-order valence-corrected chi connectivity index (χ0v) is 12.7. The van der Waals surface area contributed by atoms with Crippen molar-refractivity contribution in [3.63, 3.8) is 0 Å². The van der Waals surface area contributed by atoms with Crippen molar-refractivity contribution in [3.8, 4) is 0 Å². The number of morpholine rings is 1. The van der Waals surface area contributed by atoms with Gasteiger partial charge in [-0.1, -0.05) is 23.2 Å². The summed E-state index contributed by atoms with van der Waals surface area (Å²) in [5.74, 6) is -0.160. The first-order valence-corrected chi connectivity index (χ1v) is 7.09. The first-order chi connectivity index (χ1) is 9.45. The summed E-state index contributed by atoms with van der Waals surface area (Å²) >= 11 is 12.1. The lowest BCUT2D eigenvalue weighted by atomic mass is 10.2. The molecule has 2 rings (SSSR count). The molecule has 1 aromatic rings. The molecule has 20 heavy (non-hydrogen) atoms. The van der Waals surface area contributed by atoms with Crippen LogP contribution in [0.15, 0.2) is 12.1 Å². The van der Waals surface area contributed by atoms with E-state index >= 15 is 0 Å². The van der Waals surface area contributed by atoms with Gasteiger partial charge in [0.15, 0.2) is 0 Å². The molecule has 0 radical (unpaired) electrons. The van der Waals surface area contributed by atoms with Crippen molar-refractivity contribution in [2.24, 2.45) is 0 Å². The van der Waals surface area contributed by atoms with Gasteiger partial charge >= 0.3 is 0 Å². The topological polar surface area (TPSA) is 67.6 Å². The van der Waals surface area contributed by atoms with E-state index in [0.29, 0.717) is 28.0 Å². The van der Waals surface area contributed by atoms with E-state index < -0.39 is 0 Å². The zero-order valence-electron chi connectivity index (χ0n) is 11.2. The van der Waals surface area contributed by atoms with Gasteiger partial charge in [-0.15, -0.1) is 0 Å². The average Bonchev–Trinajstić information content (AvgIpc) is 2.33. The van der Waals surface area contributed by atoms with E-state index in [4.69, 9.17) is 33.7 Å². The van der Waals surface area contributed by atoms with Gasteiger partial charge in [0.25, 0.3) is 0 Å². The van der Waals surface area contributed by atoms with Gasteiger partial charge in [-0.2, -0.15) is 0 Å². The predicted octanol–water partition coefficient (Wildman–Crippen LogP) is 2.23. The number of nitrogens with two attached hydrogens (primary N) is 1. The Labute approximate surface area is 128 Å². The number of hydrogen-bond acceptors (Lipinski definition) is 4. The summed E-state index contributed by atoms with van der Waals surface area (Å²) in [7, 11) is 0. The Kier molecular flexibility index (Phi) is 5.10. The fourth-order valence-electron chi connectivity index (χ4n) is 2.13. The van der Waals surface area contributed by atoms with Gasteiger partial charge in [0, 0.05) is 18.8 Å². The van der Waals surface area contributed by atoms with Crippen LogP contribution in [0, 0.1) is 0 Å². The standard InChI is InChI=1S/C13H17Cl2N3O2/c1-8-6-18(2-3-20-8)7-12(19)17-13-10(14)4-9(16)5-11(13)15/h4-5,8H,2-3,6-7,16H2,1H3,(H,17,19). The van der Waals surface area contributed by atoms with Gasteiger partial charge in [0.05, 0.1) is 35.0 Å². The maximum atomic E-state index is 12.0. The molecule has 1 saturated heterocycles. The smallest absolute Gasteiger partial charge is 0.238 e. The van der Waals surface area contributed by atoms with E-state index in [1.54, 1.807) is 12.1 Å². The Balaban J connectivity index is 1.98. The van der Waals surface area contributed by atoms with E-state index in [9.17, 15) is 4.79 Å². The lowest BCUT2D eigenvalue weighted by Gasteiger charge is -2.30. The number of nitrogens with one attached hydrogen (secondary N) is 1. The van der Waals surface area contributed by atoms with Gasteiger partial charge in [-0.3, -0.25) is 9.69 Å². The summed E-state index contributed by atoms with van der Waals surface area (Å²) in [6.07, 6.45) is 0.139. The van der Waals surface area contributed by atoms with Crippen LogP contribution in [0.5, 0.6) is 0 Å². The minimum atomic E-state index is -0.160. The molecular weight excluding hydrogens is 301 g/mol. The normalized spacial score (nSPS) is 19.9. The number of nitrogen functional groups attached to an aromatic ring is 1. The monoisotopic (exact) mass is 317 g/mol. The molecule has 1 aliphatic rings. The summed E-state index contributed by atoms with van der Waals surface area (Å²) < 4.78 is 5.43. The molecule has 5 nitrogen and oxygen atoms in total. The lowest BCUT2D eigenvalue weighted by Crippen LogP contribution is -2.44. The maximum absolute atomic E-state index is 12.0. The Hall–Kier alpha value is -1.01. The second-order valence-corrected chi connectivity index (χ2v) is 5.64. The van der Waals surface area contributed by atoms with Crippen LogP contribution in [0.3, 0.4) is 0 Å². The third-order valence-corrected chi connectivity index (χ3v) is 3.62. The van der Waals surface area contributed by atoms with E-state index in [2.05, 4.69) is 5.32 Å². The van der Waals surface area contributed by atoms with Gasteiger partial charge in [-0.25, -0.2) is 0 Å². The highest BCUT2D eigenvalue weighted by atomic mass is 35.5. The summed E-state index contributed by atoms with van der Waals surface area (Å²) in [6.45, 7) is 4.37. The van der Waals surface area contributed by atoms with Crippen LogP contribution in [0.4, 0.5) is 11.4 Å². The summed E-state index contributed by atoms with van der Waals surface area (Å²) in [6, 6.07) is 3.11. The first-order valence-electron chi connectivity index (χ1n) is 6.34. The maximum Gasteiger partial charge on any atom is 0.238 e. The number of benzene rings is 1. The second kappa shape index (κ2) is 6.63. The number of hydrogen-bond donors (Lipinski definition) is 2. The van der Waals surface area contributed by atoms with Crippen molar-refractivity contribution in [1.82, 2.24) is 4.90 Å². The number of rotatable bonds is 3. The molecular formula is C13H17Cl2N3O2. The Bertz CT molecular complexity index is 487. The van der Waals surface area contributed by atoms with E-state index in [1.165, 1.54) is 0 Å². The SMILES string of the molecule is CC1CN(CC(=O)Nc2c(Cl)cc(N)cc2Cl)CCO1. The average molecular weight is 318 g/mol. The molecule has 1 atom stereocenters. The largest absolute Gasteiger partial charge is 0.399 e. The first kappa shape index (κ1) is 15.4. The minimum absolute atomic E-state index is 0.139. The third-order valence-electron chi connectivity index (χ3n) is 3.02. The van der Waals surface area contributed by atoms with Gasteiger partial charge in [0.2, 0.25) is 5.91 Å². The number of carbonyl (C=O) groups excluding carboxylic acids is 1. The quantitative estimate of drug-likeness (QED) is 0.839. The van der Waals surface area contributed by atoms with Crippen molar-refractivity contribution >= 4 is 40.5 Å². The van der Waals surface area contributed by atoms with Crippen molar-refractivity contribution < 1.29 is 9.53 Å². The van der Waals surface area contributed by atoms with Crippen molar-refractivity contribution in [2.75, 3.05) is 37.3 Å². The van der Waals surface area contributed by atoms with Crippen LogP contribution >= 0.6 is 23.2 Å². The zero-order chi connectivity index (χ0) is 14.7. The Morgan fingerprint density at radius 1 is 1.50 bits per heavy atom. The molecule has 7 heteroatoms.